The normalized spacial score (nSPS) is 18.8. The quantitative estimate of drug-likeness (QED) is 0.844. The van der Waals surface area contributed by atoms with Gasteiger partial charge in [0.1, 0.15) is 0 Å². The van der Waals surface area contributed by atoms with Crippen LogP contribution in [0.4, 0.5) is 0 Å². The molecule has 1 heterocycles. The Kier molecular flexibility index (Phi) is 4.70. The first-order valence-corrected chi connectivity index (χ1v) is 8.13. The number of hydrogen-bond donors (Lipinski definition) is 1. The van der Waals surface area contributed by atoms with Gasteiger partial charge in [0.05, 0.1) is 11.5 Å². The molecule has 0 aliphatic carbocycles. The van der Waals surface area contributed by atoms with Crippen LogP contribution in [0, 0.1) is 5.41 Å². The number of carbonyl (C=O) groups excluding carboxylic acids is 1. The molecule has 19 heavy (non-hydrogen) atoms. The van der Waals surface area contributed by atoms with Crippen molar-refractivity contribution in [3.05, 3.63) is 28.8 Å². The summed E-state index contributed by atoms with van der Waals surface area (Å²) in [7, 11) is 0. The molecule has 0 bridgehead atoms. The second-order valence-corrected chi connectivity index (χ2v) is 7.20. The van der Waals surface area contributed by atoms with Gasteiger partial charge in [-0.25, -0.2) is 0 Å². The van der Waals surface area contributed by atoms with Crippen molar-refractivity contribution < 1.29 is 4.79 Å². The molecular weight excluding hydrogens is 301 g/mol. The molecule has 0 fully saturated rings. The minimum Gasteiger partial charge on any atom is -0.349 e. The molecule has 2 rings (SSSR count). The lowest BCUT2D eigenvalue weighted by Gasteiger charge is -2.29. The molecule has 1 amide bonds. The highest BCUT2D eigenvalue weighted by Crippen LogP contribution is 2.38. The van der Waals surface area contributed by atoms with E-state index in [4.69, 9.17) is 23.2 Å². The summed E-state index contributed by atoms with van der Waals surface area (Å²) in [4.78, 5) is 13.4. The van der Waals surface area contributed by atoms with Gasteiger partial charge in [0, 0.05) is 21.6 Å². The van der Waals surface area contributed by atoms with E-state index in [-0.39, 0.29) is 11.9 Å². The second-order valence-electron chi connectivity index (χ2n) is 5.36. The molecule has 1 aliphatic rings. The van der Waals surface area contributed by atoms with Crippen LogP contribution in [0.2, 0.25) is 5.02 Å². The SMILES string of the molecule is CC(C)(CCl)C(=O)NC1CCSc2ccc(Cl)cc21. The minimum atomic E-state index is -0.551. The summed E-state index contributed by atoms with van der Waals surface area (Å²) in [5.41, 5.74) is 0.563. The molecule has 1 atom stereocenters. The van der Waals surface area contributed by atoms with E-state index in [1.165, 1.54) is 4.90 Å². The molecule has 5 heteroatoms. The lowest BCUT2D eigenvalue weighted by molar-refractivity contribution is -0.129. The monoisotopic (exact) mass is 317 g/mol. The molecule has 0 aromatic heterocycles. The highest BCUT2D eigenvalue weighted by molar-refractivity contribution is 7.99. The number of amides is 1. The van der Waals surface area contributed by atoms with E-state index in [2.05, 4.69) is 5.32 Å². The van der Waals surface area contributed by atoms with E-state index < -0.39 is 5.41 Å². The fraction of sp³-hybridized carbons (Fsp3) is 0.500. The molecule has 1 aromatic carbocycles. The van der Waals surface area contributed by atoms with Gasteiger partial charge in [-0.15, -0.1) is 23.4 Å². The number of hydrogen-bond acceptors (Lipinski definition) is 2. The predicted octanol–water partition coefficient (Wildman–Crippen LogP) is 4.26. The van der Waals surface area contributed by atoms with Crippen molar-refractivity contribution in [2.45, 2.75) is 31.2 Å². The zero-order valence-electron chi connectivity index (χ0n) is 11.0. The van der Waals surface area contributed by atoms with Gasteiger partial charge < -0.3 is 5.32 Å². The van der Waals surface area contributed by atoms with Crippen molar-refractivity contribution in [2.75, 3.05) is 11.6 Å². The molecule has 1 aromatic rings. The Balaban J connectivity index is 2.20. The second kappa shape index (κ2) is 5.94. The van der Waals surface area contributed by atoms with E-state index >= 15 is 0 Å². The maximum absolute atomic E-state index is 12.2. The fourth-order valence-electron chi connectivity index (χ4n) is 1.93. The molecule has 0 spiro atoms. The minimum absolute atomic E-state index is 0.00896. The number of carbonyl (C=O) groups is 1. The largest absolute Gasteiger partial charge is 0.349 e. The van der Waals surface area contributed by atoms with E-state index in [0.717, 1.165) is 17.7 Å². The topological polar surface area (TPSA) is 29.1 Å². The van der Waals surface area contributed by atoms with Crippen molar-refractivity contribution in [1.29, 1.82) is 0 Å². The molecule has 1 aliphatic heterocycles. The Morgan fingerprint density at radius 1 is 1.53 bits per heavy atom. The van der Waals surface area contributed by atoms with Gasteiger partial charge in [0.15, 0.2) is 0 Å². The number of nitrogens with one attached hydrogen (secondary N) is 1. The van der Waals surface area contributed by atoms with Crippen LogP contribution in [-0.4, -0.2) is 17.5 Å². The number of fused-ring (bicyclic) bond motifs is 1. The third kappa shape index (κ3) is 3.39. The summed E-state index contributed by atoms with van der Waals surface area (Å²) < 4.78 is 0. The molecule has 1 N–H and O–H groups in total. The highest BCUT2D eigenvalue weighted by Gasteiger charge is 2.30. The predicted molar refractivity (Wildman–Crippen MR) is 82.2 cm³/mol. The van der Waals surface area contributed by atoms with E-state index in [1.807, 2.05) is 32.0 Å². The number of alkyl halides is 1. The van der Waals surface area contributed by atoms with Crippen molar-refractivity contribution in [3.63, 3.8) is 0 Å². The van der Waals surface area contributed by atoms with E-state index in [9.17, 15) is 4.79 Å². The Morgan fingerprint density at radius 3 is 2.95 bits per heavy atom. The fourth-order valence-corrected chi connectivity index (χ4v) is 3.34. The summed E-state index contributed by atoms with van der Waals surface area (Å²) >= 11 is 13.7. The lowest BCUT2D eigenvalue weighted by Crippen LogP contribution is -2.41. The number of halogens is 2. The van der Waals surface area contributed by atoms with Gasteiger partial charge in [-0.2, -0.15) is 0 Å². The zero-order valence-corrected chi connectivity index (χ0v) is 13.3. The molecule has 0 radical (unpaired) electrons. The molecule has 104 valence electrons. The van der Waals surface area contributed by atoms with Gasteiger partial charge in [0.2, 0.25) is 5.91 Å². The van der Waals surface area contributed by atoms with Gasteiger partial charge >= 0.3 is 0 Å². The standard InChI is InChI=1S/C14H17Cl2NOS/c1-14(2,8-15)13(18)17-11-5-6-19-12-4-3-9(16)7-10(11)12/h3-4,7,11H,5-6,8H2,1-2H3,(H,17,18). The average Bonchev–Trinajstić information content (AvgIpc) is 2.39. The van der Waals surface area contributed by atoms with Gasteiger partial charge in [0.25, 0.3) is 0 Å². The first-order valence-electron chi connectivity index (χ1n) is 6.23. The number of thioether (sulfide) groups is 1. The first kappa shape index (κ1) is 15.0. The Morgan fingerprint density at radius 2 is 2.26 bits per heavy atom. The van der Waals surface area contributed by atoms with Crippen LogP contribution in [0.1, 0.15) is 31.9 Å². The van der Waals surface area contributed by atoms with Crippen LogP contribution in [0.15, 0.2) is 23.1 Å². The van der Waals surface area contributed by atoms with Crippen LogP contribution < -0.4 is 5.32 Å². The molecule has 0 saturated carbocycles. The van der Waals surface area contributed by atoms with Gasteiger partial charge in [-0.3, -0.25) is 4.79 Å². The first-order chi connectivity index (χ1) is 8.94. The van der Waals surface area contributed by atoms with Gasteiger partial charge in [-0.05, 0) is 44.0 Å². The van der Waals surface area contributed by atoms with Crippen molar-refractivity contribution in [3.8, 4) is 0 Å². The Hall–Kier alpha value is -0.380. The Bertz CT molecular complexity index is 490. The van der Waals surface area contributed by atoms with Crippen molar-refractivity contribution in [2.24, 2.45) is 5.41 Å². The van der Waals surface area contributed by atoms with Crippen LogP contribution in [-0.2, 0) is 4.79 Å². The maximum atomic E-state index is 12.2. The molecule has 1 unspecified atom stereocenters. The molecule has 2 nitrogen and oxygen atoms in total. The maximum Gasteiger partial charge on any atom is 0.227 e. The smallest absolute Gasteiger partial charge is 0.227 e. The van der Waals surface area contributed by atoms with Crippen LogP contribution in [0.3, 0.4) is 0 Å². The summed E-state index contributed by atoms with van der Waals surface area (Å²) in [6.45, 7) is 3.71. The third-order valence-electron chi connectivity index (χ3n) is 3.27. The van der Waals surface area contributed by atoms with Crippen LogP contribution in [0.5, 0.6) is 0 Å². The molecular formula is C14H17Cl2NOS. The lowest BCUT2D eigenvalue weighted by atomic mass is 9.93. The highest BCUT2D eigenvalue weighted by atomic mass is 35.5. The van der Waals surface area contributed by atoms with E-state index in [0.29, 0.717) is 10.9 Å². The number of benzene rings is 1. The Labute approximate surface area is 128 Å². The summed E-state index contributed by atoms with van der Waals surface area (Å²) in [6, 6.07) is 5.89. The number of rotatable bonds is 3. The summed E-state index contributed by atoms with van der Waals surface area (Å²) in [6.07, 6.45) is 0.919. The van der Waals surface area contributed by atoms with Crippen molar-refractivity contribution in [1.82, 2.24) is 5.32 Å². The average molecular weight is 318 g/mol. The van der Waals surface area contributed by atoms with Crippen LogP contribution >= 0.6 is 35.0 Å². The van der Waals surface area contributed by atoms with Crippen molar-refractivity contribution >= 4 is 40.9 Å². The van der Waals surface area contributed by atoms with E-state index in [1.54, 1.807) is 11.8 Å². The summed E-state index contributed by atoms with van der Waals surface area (Å²) in [5, 5.41) is 3.80. The third-order valence-corrected chi connectivity index (χ3v) is 5.29. The zero-order chi connectivity index (χ0) is 14.0. The molecule has 0 saturated heterocycles. The van der Waals surface area contributed by atoms with Crippen LogP contribution in [0.25, 0.3) is 0 Å². The van der Waals surface area contributed by atoms with Gasteiger partial charge in [-0.1, -0.05) is 11.6 Å². The summed E-state index contributed by atoms with van der Waals surface area (Å²) in [5.74, 6) is 1.30.